The summed E-state index contributed by atoms with van der Waals surface area (Å²) in [4.78, 5) is 28.1. The number of hydrogen-bond acceptors (Lipinski definition) is 5. The first-order valence-electron chi connectivity index (χ1n) is 13.3. The molecule has 0 spiro atoms. The van der Waals surface area contributed by atoms with Gasteiger partial charge >= 0.3 is 12.1 Å². The molecular formula is C34H26F3NO4. The molecule has 1 aromatic heterocycles. The number of para-hydroxylation sites is 1. The Labute approximate surface area is 240 Å². The molecule has 0 fully saturated rings. The number of pyridine rings is 1. The third-order valence-electron chi connectivity index (χ3n) is 6.72. The first-order valence-corrected chi connectivity index (χ1v) is 13.3. The quantitative estimate of drug-likeness (QED) is 0.103. The fourth-order valence-electron chi connectivity index (χ4n) is 4.78. The van der Waals surface area contributed by atoms with Crippen LogP contribution in [-0.2, 0) is 28.7 Å². The van der Waals surface area contributed by atoms with Crippen molar-refractivity contribution in [2.24, 2.45) is 0 Å². The van der Waals surface area contributed by atoms with Crippen LogP contribution in [0.5, 0.6) is 5.75 Å². The molecule has 42 heavy (non-hydrogen) atoms. The van der Waals surface area contributed by atoms with Crippen molar-refractivity contribution in [3.8, 4) is 16.9 Å². The van der Waals surface area contributed by atoms with E-state index in [2.05, 4.69) is 4.98 Å². The van der Waals surface area contributed by atoms with Gasteiger partial charge in [-0.15, -0.1) is 0 Å². The largest absolute Gasteiger partial charge is 0.489 e. The molecule has 0 aliphatic heterocycles. The predicted octanol–water partition coefficient (Wildman–Crippen LogP) is 7.84. The summed E-state index contributed by atoms with van der Waals surface area (Å²) in [6, 6.07) is 27.4. The van der Waals surface area contributed by atoms with Crippen LogP contribution < -0.4 is 4.74 Å². The summed E-state index contributed by atoms with van der Waals surface area (Å²) in [7, 11) is 0. The number of rotatable bonds is 9. The van der Waals surface area contributed by atoms with Crippen LogP contribution in [0.15, 0.2) is 103 Å². The molecule has 1 heterocycles. The summed E-state index contributed by atoms with van der Waals surface area (Å²) in [5.74, 6) is -1.17. The minimum Gasteiger partial charge on any atom is -0.489 e. The van der Waals surface area contributed by atoms with E-state index in [4.69, 9.17) is 9.47 Å². The van der Waals surface area contributed by atoms with Crippen LogP contribution in [-0.4, -0.2) is 23.3 Å². The Morgan fingerprint density at radius 3 is 2.26 bits per heavy atom. The smallest absolute Gasteiger partial charge is 0.418 e. The molecular weight excluding hydrogens is 543 g/mol. The number of benzene rings is 4. The Morgan fingerprint density at radius 2 is 1.55 bits per heavy atom. The molecule has 0 saturated carbocycles. The number of hydrogen-bond donors (Lipinski definition) is 0. The summed E-state index contributed by atoms with van der Waals surface area (Å²) >= 11 is 0. The van der Waals surface area contributed by atoms with Crippen molar-refractivity contribution >= 4 is 22.7 Å². The third kappa shape index (κ3) is 6.33. The number of fused-ring (bicyclic) bond motifs is 1. The van der Waals surface area contributed by atoms with E-state index in [1.165, 1.54) is 24.4 Å². The Morgan fingerprint density at radius 1 is 0.833 bits per heavy atom. The van der Waals surface area contributed by atoms with Crippen molar-refractivity contribution < 1.29 is 32.2 Å². The predicted molar refractivity (Wildman–Crippen MR) is 153 cm³/mol. The van der Waals surface area contributed by atoms with Gasteiger partial charge < -0.3 is 9.47 Å². The Hall–Kier alpha value is -4.98. The summed E-state index contributed by atoms with van der Waals surface area (Å²) < 4.78 is 52.3. The van der Waals surface area contributed by atoms with E-state index < -0.39 is 23.5 Å². The lowest BCUT2D eigenvalue weighted by Gasteiger charge is -2.17. The maximum absolute atomic E-state index is 13.9. The summed E-state index contributed by atoms with van der Waals surface area (Å²) in [6.45, 7) is 1.90. The lowest BCUT2D eigenvalue weighted by molar-refractivity contribution is -0.138. The Bertz CT molecular complexity index is 1730. The van der Waals surface area contributed by atoms with Gasteiger partial charge in [0.2, 0.25) is 0 Å². The fraction of sp³-hybridized carbons (Fsp3) is 0.147. The van der Waals surface area contributed by atoms with Gasteiger partial charge in [0, 0.05) is 17.1 Å². The maximum atomic E-state index is 13.9. The molecule has 0 atom stereocenters. The zero-order valence-corrected chi connectivity index (χ0v) is 22.7. The lowest BCUT2D eigenvalue weighted by atomic mass is 9.91. The van der Waals surface area contributed by atoms with Crippen LogP contribution in [0, 0.1) is 0 Å². The minimum absolute atomic E-state index is 0.101. The Balaban J connectivity index is 1.47. The highest BCUT2D eigenvalue weighted by Crippen LogP contribution is 2.39. The number of ether oxygens (including phenoxy) is 2. The zero-order chi connectivity index (χ0) is 29.7. The number of carbonyl (C=O) groups is 2. The van der Waals surface area contributed by atoms with E-state index in [1.54, 1.807) is 25.1 Å². The average Bonchev–Trinajstić information content (AvgIpc) is 3.00. The highest BCUT2D eigenvalue weighted by molar-refractivity contribution is 6.40. The zero-order valence-electron chi connectivity index (χ0n) is 22.7. The number of halogens is 3. The monoisotopic (exact) mass is 569 g/mol. The molecule has 5 aromatic rings. The van der Waals surface area contributed by atoms with E-state index in [9.17, 15) is 22.8 Å². The van der Waals surface area contributed by atoms with Crippen molar-refractivity contribution in [1.29, 1.82) is 0 Å². The minimum atomic E-state index is -4.54. The second-order valence-corrected chi connectivity index (χ2v) is 9.58. The molecule has 0 amide bonds. The molecule has 4 aromatic carbocycles. The van der Waals surface area contributed by atoms with Crippen LogP contribution in [0.1, 0.15) is 39.5 Å². The molecule has 0 N–H and O–H groups in total. The van der Waals surface area contributed by atoms with Gasteiger partial charge in [0.25, 0.3) is 5.78 Å². The highest BCUT2D eigenvalue weighted by atomic mass is 19.4. The second kappa shape index (κ2) is 12.3. The van der Waals surface area contributed by atoms with Crippen molar-refractivity contribution in [1.82, 2.24) is 4.98 Å². The highest BCUT2D eigenvalue weighted by Gasteiger charge is 2.33. The lowest BCUT2D eigenvalue weighted by Crippen LogP contribution is -2.17. The van der Waals surface area contributed by atoms with Crippen molar-refractivity contribution in [3.63, 3.8) is 0 Å². The van der Waals surface area contributed by atoms with Gasteiger partial charge in [-0.05, 0) is 77.6 Å². The van der Waals surface area contributed by atoms with Gasteiger partial charge in [-0.3, -0.25) is 9.78 Å². The van der Waals surface area contributed by atoms with Crippen molar-refractivity contribution in [2.75, 3.05) is 6.61 Å². The SMILES string of the molecule is CCOC(=O)C(=O)c1ccc(OCc2cccc(-c3c(Cc4ccccc4)cnc4c(C(F)(F)F)cccc34)c2)cc1. The Kier molecular flexibility index (Phi) is 8.33. The number of carbonyl (C=O) groups excluding carboxylic acids is 2. The summed E-state index contributed by atoms with van der Waals surface area (Å²) in [6.07, 6.45) is -2.52. The van der Waals surface area contributed by atoms with Crippen LogP contribution in [0.2, 0.25) is 0 Å². The third-order valence-corrected chi connectivity index (χ3v) is 6.72. The van der Waals surface area contributed by atoms with Crippen LogP contribution in [0.25, 0.3) is 22.0 Å². The van der Waals surface area contributed by atoms with Crippen molar-refractivity contribution in [2.45, 2.75) is 26.1 Å². The first-order chi connectivity index (χ1) is 20.2. The number of aromatic nitrogens is 1. The van der Waals surface area contributed by atoms with Gasteiger partial charge in [0.05, 0.1) is 17.7 Å². The van der Waals surface area contributed by atoms with Gasteiger partial charge in [-0.1, -0.05) is 60.7 Å². The average molecular weight is 570 g/mol. The standard InChI is InChI=1S/C34H26F3NO4/c1-2-41-33(40)32(39)24-14-16-27(17-15-24)42-21-23-10-6-11-25(19-23)30-26(18-22-8-4-3-5-9-22)20-38-31-28(30)12-7-13-29(31)34(35,36)37/h3-17,19-20H,2,18,21H2,1H3. The second-order valence-electron chi connectivity index (χ2n) is 9.58. The van der Waals surface area contributed by atoms with Gasteiger partial charge in [-0.2, -0.15) is 13.2 Å². The number of Topliss-reactive ketones (excluding diaryl/α,β-unsaturated/α-hetero) is 1. The van der Waals surface area contributed by atoms with Crippen LogP contribution >= 0.6 is 0 Å². The summed E-state index contributed by atoms with van der Waals surface area (Å²) in [5, 5.41) is 0.415. The maximum Gasteiger partial charge on any atom is 0.418 e. The molecule has 5 nitrogen and oxygen atoms in total. The number of ketones is 1. The van der Waals surface area contributed by atoms with Gasteiger partial charge in [0.1, 0.15) is 12.4 Å². The first kappa shape index (κ1) is 28.5. The van der Waals surface area contributed by atoms with Crippen LogP contribution in [0.3, 0.4) is 0 Å². The molecule has 8 heteroatoms. The topological polar surface area (TPSA) is 65.5 Å². The molecule has 0 saturated heterocycles. The van der Waals surface area contributed by atoms with Gasteiger partial charge in [0.15, 0.2) is 0 Å². The molecule has 0 unspecified atom stereocenters. The number of esters is 1. The number of alkyl halides is 3. The van der Waals surface area contributed by atoms with Crippen molar-refractivity contribution in [3.05, 3.63) is 131 Å². The van der Waals surface area contributed by atoms with E-state index in [-0.39, 0.29) is 24.3 Å². The van der Waals surface area contributed by atoms with Crippen LogP contribution in [0.4, 0.5) is 13.2 Å². The van der Waals surface area contributed by atoms with Gasteiger partial charge in [-0.25, -0.2) is 4.79 Å². The summed E-state index contributed by atoms with van der Waals surface area (Å²) in [5.41, 5.74) is 3.33. The molecule has 0 aliphatic carbocycles. The number of nitrogens with zero attached hydrogens (tertiary/aromatic N) is 1. The van der Waals surface area contributed by atoms with E-state index in [1.807, 2.05) is 54.6 Å². The molecule has 212 valence electrons. The van der Waals surface area contributed by atoms with E-state index >= 15 is 0 Å². The fourth-order valence-corrected chi connectivity index (χ4v) is 4.78. The molecule has 0 radical (unpaired) electrons. The molecule has 0 bridgehead atoms. The van der Waals surface area contributed by atoms with E-state index in [0.717, 1.165) is 28.3 Å². The molecule has 5 rings (SSSR count). The van der Waals surface area contributed by atoms with E-state index in [0.29, 0.717) is 23.1 Å². The normalized spacial score (nSPS) is 11.3. The molecule has 0 aliphatic rings.